The van der Waals surface area contributed by atoms with Crippen LogP contribution in [0.3, 0.4) is 0 Å². The van der Waals surface area contributed by atoms with Gasteiger partial charge in [-0.2, -0.15) is 0 Å². The van der Waals surface area contributed by atoms with E-state index >= 15 is 0 Å². The molecule has 0 spiro atoms. The van der Waals surface area contributed by atoms with Crippen LogP contribution in [-0.2, 0) is 9.53 Å². The fraction of sp³-hybridized carbons (Fsp3) is 0.294. The SMILES string of the molecule is COCC(N)C(=O)NC(C)c1ccc(-c2ccncc2)cc1.Cl.Cl. The number of carbonyl (C=O) groups excluding carboxylic acids is 1. The number of nitrogens with two attached hydrogens (primary N) is 1. The molecule has 1 aromatic carbocycles. The number of methoxy groups -OCH3 is 1. The molecule has 3 N–H and O–H groups in total. The quantitative estimate of drug-likeness (QED) is 0.818. The van der Waals surface area contributed by atoms with Crippen LogP contribution in [0, 0.1) is 0 Å². The molecule has 0 aliphatic carbocycles. The molecular formula is C17H23Cl2N3O2. The van der Waals surface area contributed by atoms with Gasteiger partial charge in [0.15, 0.2) is 0 Å². The molecule has 0 aliphatic heterocycles. The third-order valence-corrected chi connectivity index (χ3v) is 3.47. The number of rotatable bonds is 6. The molecule has 24 heavy (non-hydrogen) atoms. The van der Waals surface area contributed by atoms with E-state index in [9.17, 15) is 4.79 Å². The van der Waals surface area contributed by atoms with Crippen molar-refractivity contribution in [1.29, 1.82) is 0 Å². The number of amides is 1. The van der Waals surface area contributed by atoms with Crippen molar-refractivity contribution < 1.29 is 9.53 Å². The highest BCUT2D eigenvalue weighted by Crippen LogP contribution is 2.21. The molecule has 2 unspecified atom stereocenters. The zero-order valence-electron chi connectivity index (χ0n) is 13.6. The second kappa shape index (κ2) is 11.0. The van der Waals surface area contributed by atoms with Gasteiger partial charge in [0.05, 0.1) is 12.6 Å². The van der Waals surface area contributed by atoms with Crippen LogP contribution in [0.25, 0.3) is 11.1 Å². The van der Waals surface area contributed by atoms with Crippen molar-refractivity contribution in [2.45, 2.75) is 19.0 Å². The summed E-state index contributed by atoms with van der Waals surface area (Å²) in [5.41, 5.74) is 8.96. The molecule has 5 nitrogen and oxygen atoms in total. The monoisotopic (exact) mass is 371 g/mol. The molecular weight excluding hydrogens is 349 g/mol. The summed E-state index contributed by atoms with van der Waals surface area (Å²) in [6, 6.07) is 11.2. The van der Waals surface area contributed by atoms with Crippen LogP contribution >= 0.6 is 24.8 Å². The van der Waals surface area contributed by atoms with Gasteiger partial charge in [-0.05, 0) is 35.7 Å². The van der Waals surface area contributed by atoms with Gasteiger partial charge in [-0.3, -0.25) is 9.78 Å². The lowest BCUT2D eigenvalue weighted by Crippen LogP contribution is -2.44. The molecule has 2 aromatic rings. The van der Waals surface area contributed by atoms with Gasteiger partial charge >= 0.3 is 0 Å². The number of halogens is 2. The topological polar surface area (TPSA) is 77.2 Å². The Labute approximate surface area is 154 Å². The number of nitrogens with zero attached hydrogens (tertiary/aromatic N) is 1. The summed E-state index contributed by atoms with van der Waals surface area (Å²) >= 11 is 0. The van der Waals surface area contributed by atoms with E-state index in [2.05, 4.69) is 10.3 Å². The van der Waals surface area contributed by atoms with Crippen LogP contribution in [0.15, 0.2) is 48.8 Å². The minimum absolute atomic E-state index is 0. The molecule has 0 fully saturated rings. The van der Waals surface area contributed by atoms with Crippen molar-refractivity contribution in [2.75, 3.05) is 13.7 Å². The number of carbonyl (C=O) groups is 1. The number of ether oxygens (including phenoxy) is 1. The maximum Gasteiger partial charge on any atom is 0.239 e. The molecule has 2 atom stereocenters. The largest absolute Gasteiger partial charge is 0.383 e. The molecule has 1 amide bonds. The van der Waals surface area contributed by atoms with E-state index in [1.165, 1.54) is 7.11 Å². The highest BCUT2D eigenvalue weighted by molar-refractivity contribution is 5.85. The average molecular weight is 372 g/mol. The number of benzene rings is 1. The third kappa shape index (κ3) is 6.09. The molecule has 0 bridgehead atoms. The minimum Gasteiger partial charge on any atom is -0.383 e. The second-order valence-corrected chi connectivity index (χ2v) is 5.15. The van der Waals surface area contributed by atoms with Crippen molar-refractivity contribution >= 4 is 30.7 Å². The van der Waals surface area contributed by atoms with Crippen LogP contribution in [0.2, 0.25) is 0 Å². The van der Waals surface area contributed by atoms with Crippen molar-refractivity contribution in [3.8, 4) is 11.1 Å². The van der Waals surface area contributed by atoms with E-state index in [0.29, 0.717) is 0 Å². The Balaban J connectivity index is 0.00000264. The van der Waals surface area contributed by atoms with Crippen molar-refractivity contribution in [2.24, 2.45) is 5.73 Å². The fourth-order valence-electron chi connectivity index (χ4n) is 2.17. The van der Waals surface area contributed by atoms with E-state index in [1.807, 2.05) is 43.3 Å². The fourth-order valence-corrected chi connectivity index (χ4v) is 2.17. The van der Waals surface area contributed by atoms with Gasteiger partial charge in [-0.25, -0.2) is 0 Å². The van der Waals surface area contributed by atoms with Gasteiger partial charge in [0.1, 0.15) is 6.04 Å². The van der Waals surface area contributed by atoms with Crippen molar-refractivity contribution in [1.82, 2.24) is 10.3 Å². The first-order valence-electron chi connectivity index (χ1n) is 7.17. The predicted octanol–water partition coefficient (Wildman–Crippen LogP) is 2.74. The first-order valence-corrected chi connectivity index (χ1v) is 7.17. The molecule has 0 radical (unpaired) electrons. The Morgan fingerprint density at radius 2 is 1.67 bits per heavy atom. The lowest BCUT2D eigenvalue weighted by Gasteiger charge is -2.17. The number of hydrogen-bond donors (Lipinski definition) is 2. The molecule has 1 heterocycles. The van der Waals surface area contributed by atoms with E-state index in [4.69, 9.17) is 10.5 Å². The molecule has 0 aliphatic rings. The number of aromatic nitrogens is 1. The van der Waals surface area contributed by atoms with E-state index in [0.717, 1.165) is 16.7 Å². The molecule has 1 aromatic heterocycles. The summed E-state index contributed by atoms with van der Waals surface area (Å²) in [6.07, 6.45) is 3.53. The van der Waals surface area contributed by atoms with Crippen LogP contribution in [-0.4, -0.2) is 30.6 Å². The first-order chi connectivity index (χ1) is 10.6. The molecule has 0 saturated heterocycles. The highest BCUT2D eigenvalue weighted by Gasteiger charge is 2.16. The van der Waals surface area contributed by atoms with Gasteiger partial charge in [0.2, 0.25) is 5.91 Å². The van der Waals surface area contributed by atoms with Crippen LogP contribution in [0.5, 0.6) is 0 Å². The average Bonchev–Trinajstić information content (AvgIpc) is 2.56. The number of nitrogens with one attached hydrogen (secondary N) is 1. The van der Waals surface area contributed by atoms with E-state index < -0.39 is 6.04 Å². The van der Waals surface area contributed by atoms with Crippen molar-refractivity contribution in [3.63, 3.8) is 0 Å². The Kier molecular flexibility index (Phi) is 10.2. The Bertz CT molecular complexity index is 609. The maximum atomic E-state index is 11.9. The number of pyridine rings is 1. The van der Waals surface area contributed by atoms with Gasteiger partial charge in [-0.1, -0.05) is 24.3 Å². The zero-order valence-corrected chi connectivity index (χ0v) is 15.3. The lowest BCUT2D eigenvalue weighted by atomic mass is 10.0. The van der Waals surface area contributed by atoms with E-state index in [-0.39, 0.29) is 43.4 Å². The molecule has 132 valence electrons. The summed E-state index contributed by atoms with van der Waals surface area (Å²) < 4.78 is 4.89. The summed E-state index contributed by atoms with van der Waals surface area (Å²) in [5.74, 6) is -0.215. The Morgan fingerprint density at radius 3 is 2.21 bits per heavy atom. The van der Waals surface area contributed by atoms with Gasteiger partial charge in [-0.15, -0.1) is 24.8 Å². The summed E-state index contributed by atoms with van der Waals surface area (Å²) in [6.45, 7) is 2.14. The van der Waals surface area contributed by atoms with E-state index in [1.54, 1.807) is 12.4 Å². The first kappa shape index (κ1) is 22.3. The van der Waals surface area contributed by atoms with Crippen LogP contribution in [0.1, 0.15) is 18.5 Å². The Morgan fingerprint density at radius 1 is 1.12 bits per heavy atom. The summed E-state index contributed by atoms with van der Waals surface area (Å²) in [4.78, 5) is 15.9. The van der Waals surface area contributed by atoms with Crippen LogP contribution in [0.4, 0.5) is 0 Å². The third-order valence-electron chi connectivity index (χ3n) is 3.47. The predicted molar refractivity (Wildman–Crippen MR) is 101 cm³/mol. The highest BCUT2D eigenvalue weighted by atomic mass is 35.5. The van der Waals surface area contributed by atoms with Crippen molar-refractivity contribution in [3.05, 3.63) is 54.4 Å². The lowest BCUT2D eigenvalue weighted by molar-refractivity contribution is -0.124. The standard InChI is InChI=1S/C17H21N3O2.2ClH/c1-12(20-17(21)16(18)11-22-2)13-3-5-14(6-4-13)15-7-9-19-10-8-15;;/h3-10,12,16H,11,18H2,1-2H3,(H,20,21);2*1H. The van der Waals surface area contributed by atoms with Gasteiger partial charge < -0.3 is 15.8 Å². The van der Waals surface area contributed by atoms with Crippen LogP contribution < -0.4 is 11.1 Å². The minimum atomic E-state index is -0.649. The summed E-state index contributed by atoms with van der Waals surface area (Å²) in [7, 11) is 1.52. The molecule has 0 saturated carbocycles. The second-order valence-electron chi connectivity index (χ2n) is 5.15. The smallest absolute Gasteiger partial charge is 0.239 e. The van der Waals surface area contributed by atoms with Gasteiger partial charge in [0, 0.05) is 19.5 Å². The molecule has 2 rings (SSSR count). The Hall–Kier alpha value is -1.66. The summed E-state index contributed by atoms with van der Waals surface area (Å²) in [5, 5.41) is 2.89. The molecule has 7 heteroatoms. The normalized spacial score (nSPS) is 12.3. The van der Waals surface area contributed by atoms with Gasteiger partial charge in [0.25, 0.3) is 0 Å². The zero-order chi connectivity index (χ0) is 15.9. The maximum absolute atomic E-state index is 11.9. The number of hydrogen-bond acceptors (Lipinski definition) is 4.